The van der Waals surface area contributed by atoms with E-state index in [0.717, 1.165) is 18.8 Å². The molecule has 31 heavy (non-hydrogen) atoms. The van der Waals surface area contributed by atoms with E-state index in [2.05, 4.69) is 0 Å². The van der Waals surface area contributed by atoms with Gasteiger partial charge in [0.25, 0.3) is 0 Å². The summed E-state index contributed by atoms with van der Waals surface area (Å²) in [7, 11) is 3.92. The third-order valence-electron chi connectivity index (χ3n) is 5.09. The Bertz CT molecular complexity index is 435. The van der Waals surface area contributed by atoms with Crippen LogP contribution >= 0.6 is 19.6 Å². The van der Waals surface area contributed by atoms with E-state index in [-0.39, 0.29) is 13.2 Å². The van der Waals surface area contributed by atoms with Crippen LogP contribution in [0, 0.1) is 0 Å². The summed E-state index contributed by atoms with van der Waals surface area (Å²) in [6, 6.07) is 0. The Kier molecular flexibility index (Phi) is 21.2. The Morgan fingerprint density at radius 2 is 1.13 bits per heavy atom. The lowest BCUT2D eigenvalue weighted by atomic mass is 10.1. The number of hydrogen-bond acceptors (Lipinski definition) is 5. The first-order valence-corrected chi connectivity index (χ1v) is 14.9. The lowest BCUT2D eigenvalue weighted by Crippen LogP contribution is -2.37. The Balaban J connectivity index is 3.25. The summed E-state index contributed by atoms with van der Waals surface area (Å²) in [5.74, 6) is 2.13. The maximum atomic E-state index is 11.8. The van der Waals surface area contributed by atoms with Crippen molar-refractivity contribution in [2.45, 2.75) is 83.5 Å². The van der Waals surface area contributed by atoms with Gasteiger partial charge in [-0.05, 0) is 30.8 Å². The smallest absolute Gasteiger partial charge is 0.385 e. The largest absolute Gasteiger partial charge is 0.472 e. The topological polar surface area (TPSA) is 65.0 Å². The molecule has 0 heterocycles. The van der Waals surface area contributed by atoms with E-state index >= 15 is 0 Å². The zero-order chi connectivity index (χ0) is 23.3. The minimum Gasteiger partial charge on any atom is -0.385 e. The summed E-state index contributed by atoms with van der Waals surface area (Å²) < 4.78 is 27.6. The van der Waals surface area contributed by atoms with Gasteiger partial charge in [-0.3, -0.25) is 9.05 Å². The van der Waals surface area contributed by atoms with Gasteiger partial charge in [0.15, 0.2) is 0 Å². The highest BCUT2D eigenvalue weighted by Gasteiger charge is 2.21. The highest BCUT2D eigenvalue weighted by molar-refractivity contribution is 7.99. The third-order valence-corrected chi connectivity index (χ3v) is 7.26. The Morgan fingerprint density at radius 1 is 0.677 bits per heavy atom. The molecule has 8 heteroatoms. The third kappa shape index (κ3) is 26.5. The molecule has 0 saturated heterocycles. The maximum Gasteiger partial charge on any atom is 0.472 e. The number of hydrogen-bond donors (Lipinski definition) is 1. The van der Waals surface area contributed by atoms with Crippen LogP contribution in [0.3, 0.4) is 0 Å². The fourth-order valence-electron chi connectivity index (χ4n) is 3.13. The van der Waals surface area contributed by atoms with Crippen molar-refractivity contribution in [2.24, 2.45) is 0 Å². The Hall–Kier alpha value is 0.380. The monoisotopic (exact) mass is 484 g/mol. The summed E-state index contributed by atoms with van der Waals surface area (Å²) in [5, 5.41) is 0. The Morgan fingerprint density at radius 3 is 1.65 bits per heavy atom. The van der Waals surface area contributed by atoms with Crippen molar-refractivity contribution in [1.29, 1.82) is 0 Å². The second-order valence-corrected chi connectivity index (χ2v) is 12.0. The molecule has 1 N–H and O–H groups in total. The van der Waals surface area contributed by atoms with Crippen LogP contribution < -0.4 is 0 Å². The fraction of sp³-hybridized carbons (Fsp3) is 1.00. The summed E-state index contributed by atoms with van der Waals surface area (Å²) in [6.07, 6.45) is 16.9. The number of rotatable bonds is 24. The van der Waals surface area contributed by atoms with Crippen molar-refractivity contribution in [1.82, 2.24) is 0 Å². The molecule has 6 nitrogen and oxygen atoms in total. The van der Waals surface area contributed by atoms with Crippen molar-refractivity contribution in [3.05, 3.63) is 0 Å². The zero-order valence-electron chi connectivity index (χ0n) is 20.8. The molecule has 0 saturated carbocycles. The first kappa shape index (κ1) is 31.4. The van der Waals surface area contributed by atoms with Crippen LogP contribution in [-0.2, 0) is 18.3 Å². The first-order chi connectivity index (χ1) is 14.8. The number of methoxy groups -OCH3 is 1. The van der Waals surface area contributed by atoms with E-state index in [4.69, 9.17) is 13.8 Å². The molecular weight excluding hydrogens is 433 g/mol. The lowest BCUT2D eigenvalue weighted by molar-refractivity contribution is -0.870. The molecule has 0 aliphatic rings. The minimum atomic E-state index is -3.89. The maximum absolute atomic E-state index is 11.8. The van der Waals surface area contributed by atoms with E-state index in [1.807, 2.05) is 32.9 Å². The van der Waals surface area contributed by atoms with Crippen molar-refractivity contribution >= 4 is 19.6 Å². The highest BCUT2D eigenvalue weighted by atomic mass is 32.2. The summed E-state index contributed by atoms with van der Waals surface area (Å²) in [6.45, 7) is 2.08. The average Bonchev–Trinajstić information content (AvgIpc) is 2.68. The predicted octanol–water partition coefficient (Wildman–Crippen LogP) is 6.28. The second kappa shape index (κ2) is 20.9. The van der Waals surface area contributed by atoms with E-state index in [0.29, 0.717) is 11.0 Å². The molecule has 0 aromatic carbocycles. The molecule has 0 rings (SSSR count). The van der Waals surface area contributed by atoms with Gasteiger partial charge in [-0.15, -0.1) is 0 Å². The number of phosphoric ester groups is 1. The summed E-state index contributed by atoms with van der Waals surface area (Å²) in [4.78, 5) is 9.65. The van der Waals surface area contributed by atoms with E-state index in [9.17, 15) is 9.46 Å². The predicted molar refractivity (Wildman–Crippen MR) is 134 cm³/mol. The Labute approximate surface area is 197 Å². The summed E-state index contributed by atoms with van der Waals surface area (Å²) in [5.41, 5.74) is 0. The van der Waals surface area contributed by atoms with Crippen LogP contribution in [0.25, 0.3) is 0 Å². The van der Waals surface area contributed by atoms with E-state index in [1.165, 1.54) is 82.8 Å². The van der Waals surface area contributed by atoms with Gasteiger partial charge < -0.3 is 14.1 Å². The minimum absolute atomic E-state index is 0.224. The molecule has 0 amide bonds. The number of thioether (sulfide) groups is 1. The number of ether oxygens (including phenoxy) is 1. The van der Waals surface area contributed by atoms with Gasteiger partial charge in [0.1, 0.15) is 13.2 Å². The molecule has 0 aliphatic carbocycles. The molecule has 0 aromatic heterocycles. The van der Waals surface area contributed by atoms with Gasteiger partial charge in [-0.1, -0.05) is 64.2 Å². The van der Waals surface area contributed by atoms with Crippen molar-refractivity contribution < 1.29 is 27.7 Å². The van der Waals surface area contributed by atoms with Crippen molar-refractivity contribution in [3.8, 4) is 0 Å². The molecular formula is C23H51NO5PS+. The normalized spacial score (nSPS) is 14.1. The first-order valence-electron chi connectivity index (χ1n) is 12.3. The van der Waals surface area contributed by atoms with Gasteiger partial charge >= 0.3 is 7.82 Å². The number of likely N-dealkylation sites (N-methyl/N-ethyl adjacent to an activating group) is 1. The van der Waals surface area contributed by atoms with Gasteiger partial charge in [0.2, 0.25) is 0 Å². The van der Waals surface area contributed by atoms with E-state index in [1.54, 1.807) is 7.11 Å². The molecule has 188 valence electrons. The van der Waals surface area contributed by atoms with Crippen LogP contribution in [0.4, 0.5) is 0 Å². The van der Waals surface area contributed by atoms with Crippen molar-refractivity contribution in [2.75, 3.05) is 66.1 Å². The molecule has 0 aromatic rings. The fourth-order valence-corrected chi connectivity index (χ4v) is 4.81. The molecule has 0 fully saturated rings. The molecule has 0 bridgehead atoms. The second-order valence-electron chi connectivity index (χ2n) is 9.35. The highest BCUT2D eigenvalue weighted by Crippen LogP contribution is 2.43. The van der Waals surface area contributed by atoms with Crippen LogP contribution in [0.2, 0.25) is 0 Å². The molecule has 0 radical (unpaired) electrons. The van der Waals surface area contributed by atoms with E-state index < -0.39 is 7.82 Å². The molecule has 0 aliphatic heterocycles. The average molecular weight is 485 g/mol. The quantitative estimate of drug-likeness (QED) is 0.0988. The van der Waals surface area contributed by atoms with Gasteiger partial charge in [-0.25, -0.2) is 4.57 Å². The van der Waals surface area contributed by atoms with Gasteiger partial charge in [0.05, 0.1) is 27.7 Å². The SMILES string of the molecule is COCCCCCCCCCCCCCCSCCCOP(=O)(O)OCC[N+](C)(C)C. The lowest BCUT2D eigenvalue weighted by Gasteiger charge is -2.24. The van der Waals surface area contributed by atoms with Gasteiger partial charge in [0, 0.05) is 13.7 Å². The van der Waals surface area contributed by atoms with Gasteiger partial charge in [-0.2, -0.15) is 11.8 Å². The molecule has 1 atom stereocenters. The van der Waals surface area contributed by atoms with Crippen LogP contribution in [0.5, 0.6) is 0 Å². The van der Waals surface area contributed by atoms with Crippen LogP contribution in [0.15, 0.2) is 0 Å². The molecule has 1 unspecified atom stereocenters. The number of phosphoric acid groups is 1. The number of unbranched alkanes of at least 4 members (excludes halogenated alkanes) is 11. The zero-order valence-corrected chi connectivity index (χ0v) is 22.5. The van der Waals surface area contributed by atoms with Crippen molar-refractivity contribution in [3.63, 3.8) is 0 Å². The van der Waals surface area contributed by atoms with Crippen LogP contribution in [-0.4, -0.2) is 75.5 Å². The number of quaternary nitrogens is 1. The number of nitrogens with zero attached hydrogens (tertiary/aromatic N) is 1. The standard InChI is InChI=1S/C23H50NO5PS/c1-24(2,3)18-21-29-30(25,26)28-20-17-23-31-22-16-14-12-10-8-6-5-7-9-11-13-15-19-27-4/h5-23H2,1-4H3/p+1. The van der Waals surface area contributed by atoms with Crippen LogP contribution in [0.1, 0.15) is 83.5 Å². The summed E-state index contributed by atoms with van der Waals surface area (Å²) >= 11 is 1.91. The molecule has 0 spiro atoms.